The molecule has 1 aliphatic carbocycles. The molecule has 0 aromatic heterocycles. The number of Topliss-reactive ketones (excluding diaryl/α,β-unsaturated/α-hetero) is 1. The lowest BCUT2D eigenvalue weighted by molar-refractivity contribution is -0.126. The molecular weight excluding hydrogens is 309 g/mol. The average molecular weight is 326 g/mol. The van der Waals surface area contributed by atoms with Crippen molar-refractivity contribution in [3.8, 4) is 0 Å². The van der Waals surface area contributed by atoms with Gasteiger partial charge < -0.3 is 5.32 Å². The summed E-state index contributed by atoms with van der Waals surface area (Å²) in [5, 5.41) is 3.82. The number of nitrogens with one attached hydrogen (secondary N) is 1. The lowest BCUT2D eigenvalue weighted by atomic mass is 9.74. The Labute approximate surface area is 134 Å². The smallest absolute Gasteiger partial charge is 0.236 e. The maximum atomic E-state index is 12.9. The molecular formula is C16H17Cl2NO2. The van der Waals surface area contributed by atoms with E-state index in [4.69, 9.17) is 23.2 Å². The third-order valence-electron chi connectivity index (χ3n) is 4.76. The highest BCUT2D eigenvalue weighted by Crippen LogP contribution is 2.42. The van der Waals surface area contributed by atoms with Gasteiger partial charge in [0.2, 0.25) is 5.91 Å². The Hall–Kier alpha value is -1.06. The number of amides is 1. The standard InChI is InChI=1S/C16H17Cl2NO2/c1-9-4-6-16(7-5-9)14(20)13(15(21)19-16)11-3-2-10(17)8-12(11)18/h2-3,8-9,13H,4-7H2,1H3,(H,19,21). The molecule has 1 saturated carbocycles. The molecule has 2 aliphatic rings. The van der Waals surface area contributed by atoms with E-state index in [1.54, 1.807) is 18.2 Å². The topological polar surface area (TPSA) is 46.2 Å². The summed E-state index contributed by atoms with van der Waals surface area (Å²) in [4.78, 5) is 25.2. The van der Waals surface area contributed by atoms with Crippen molar-refractivity contribution in [3.05, 3.63) is 33.8 Å². The SMILES string of the molecule is CC1CCC2(CC1)NC(=O)C(c1ccc(Cl)cc1Cl)C2=O. The minimum absolute atomic E-state index is 0.0383. The predicted octanol–water partition coefficient (Wildman–Crippen LogP) is 3.72. The van der Waals surface area contributed by atoms with E-state index in [1.807, 2.05) is 0 Å². The Kier molecular flexibility index (Phi) is 3.74. The molecule has 1 heterocycles. The van der Waals surface area contributed by atoms with E-state index in [2.05, 4.69) is 12.2 Å². The van der Waals surface area contributed by atoms with Crippen molar-refractivity contribution in [1.82, 2.24) is 5.32 Å². The summed E-state index contributed by atoms with van der Waals surface area (Å²) in [6.45, 7) is 2.18. The Morgan fingerprint density at radius 1 is 1.19 bits per heavy atom. The maximum absolute atomic E-state index is 12.9. The van der Waals surface area contributed by atoms with Gasteiger partial charge in [0.1, 0.15) is 5.92 Å². The third-order valence-corrected chi connectivity index (χ3v) is 5.32. The van der Waals surface area contributed by atoms with Crippen LogP contribution in [0.3, 0.4) is 0 Å². The van der Waals surface area contributed by atoms with Crippen LogP contribution < -0.4 is 5.32 Å². The number of hydrogen-bond acceptors (Lipinski definition) is 2. The molecule has 0 bridgehead atoms. The van der Waals surface area contributed by atoms with Gasteiger partial charge in [-0.3, -0.25) is 9.59 Å². The molecule has 1 N–H and O–H groups in total. The first-order valence-corrected chi connectivity index (χ1v) is 8.00. The lowest BCUT2D eigenvalue weighted by Crippen LogP contribution is -2.48. The summed E-state index contributed by atoms with van der Waals surface area (Å²) in [6, 6.07) is 4.92. The Bertz CT molecular complexity index is 606. The second-order valence-corrected chi connectivity index (χ2v) is 7.06. The summed E-state index contributed by atoms with van der Waals surface area (Å²) >= 11 is 12.1. The van der Waals surface area contributed by atoms with Crippen LogP contribution in [0.15, 0.2) is 18.2 Å². The molecule has 1 unspecified atom stereocenters. The van der Waals surface area contributed by atoms with Crippen LogP contribution in [0.2, 0.25) is 10.0 Å². The molecule has 1 aromatic rings. The average Bonchev–Trinajstić information content (AvgIpc) is 2.66. The van der Waals surface area contributed by atoms with E-state index in [9.17, 15) is 9.59 Å². The largest absolute Gasteiger partial charge is 0.343 e. The van der Waals surface area contributed by atoms with Gasteiger partial charge in [-0.15, -0.1) is 0 Å². The van der Waals surface area contributed by atoms with E-state index in [1.165, 1.54) is 0 Å². The van der Waals surface area contributed by atoms with Gasteiger partial charge in [-0.1, -0.05) is 36.2 Å². The minimum Gasteiger partial charge on any atom is -0.343 e. The first kappa shape index (κ1) is 14.9. The zero-order chi connectivity index (χ0) is 15.2. The van der Waals surface area contributed by atoms with E-state index >= 15 is 0 Å². The van der Waals surface area contributed by atoms with E-state index in [0.29, 0.717) is 21.5 Å². The van der Waals surface area contributed by atoms with Crippen LogP contribution >= 0.6 is 23.2 Å². The fraction of sp³-hybridized carbons (Fsp3) is 0.500. The van der Waals surface area contributed by atoms with Gasteiger partial charge in [-0.2, -0.15) is 0 Å². The molecule has 1 aromatic carbocycles. The molecule has 1 amide bonds. The van der Waals surface area contributed by atoms with Crippen molar-refractivity contribution in [1.29, 1.82) is 0 Å². The number of carbonyl (C=O) groups excluding carboxylic acids is 2. The summed E-state index contributed by atoms with van der Waals surface area (Å²) in [5.74, 6) is -0.468. The molecule has 3 rings (SSSR count). The van der Waals surface area contributed by atoms with Crippen molar-refractivity contribution in [3.63, 3.8) is 0 Å². The zero-order valence-electron chi connectivity index (χ0n) is 11.8. The normalized spacial score (nSPS) is 32.5. The zero-order valence-corrected chi connectivity index (χ0v) is 13.3. The van der Waals surface area contributed by atoms with Gasteiger partial charge in [-0.25, -0.2) is 0 Å². The van der Waals surface area contributed by atoms with Crippen LogP contribution in [0, 0.1) is 5.92 Å². The first-order valence-electron chi connectivity index (χ1n) is 7.24. The molecule has 3 nitrogen and oxygen atoms in total. The van der Waals surface area contributed by atoms with Gasteiger partial charge in [0, 0.05) is 10.0 Å². The quantitative estimate of drug-likeness (QED) is 0.800. The van der Waals surface area contributed by atoms with Crippen LogP contribution in [-0.4, -0.2) is 17.2 Å². The van der Waals surface area contributed by atoms with E-state index < -0.39 is 11.5 Å². The number of hydrogen-bond donors (Lipinski definition) is 1. The van der Waals surface area contributed by atoms with Crippen LogP contribution in [-0.2, 0) is 9.59 Å². The van der Waals surface area contributed by atoms with Crippen molar-refractivity contribution in [2.75, 3.05) is 0 Å². The summed E-state index contributed by atoms with van der Waals surface area (Å²) in [5.41, 5.74) is -0.129. The number of carbonyl (C=O) groups is 2. The summed E-state index contributed by atoms with van der Waals surface area (Å²) < 4.78 is 0. The Morgan fingerprint density at radius 2 is 1.86 bits per heavy atom. The molecule has 0 radical (unpaired) electrons. The number of halogens is 2. The van der Waals surface area contributed by atoms with Gasteiger partial charge in [0.15, 0.2) is 5.78 Å². The van der Waals surface area contributed by atoms with Crippen molar-refractivity contribution < 1.29 is 9.59 Å². The number of rotatable bonds is 1. The van der Waals surface area contributed by atoms with Gasteiger partial charge in [0.25, 0.3) is 0 Å². The predicted molar refractivity (Wildman–Crippen MR) is 82.7 cm³/mol. The maximum Gasteiger partial charge on any atom is 0.236 e. The van der Waals surface area contributed by atoms with Gasteiger partial charge in [0.05, 0.1) is 5.54 Å². The van der Waals surface area contributed by atoms with Crippen molar-refractivity contribution >= 4 is 34.9 Å². The molecule has 5 heteroatoms. The van der Waals surface area contributed by atoms with Crippen LogP contribution in [0.4, 0.5) is 0 Å². The molecule has 2 fully saturated rings. The summed E-state index contributed by atoms with van der Waals surface area (Å²) in [7, 11) is 0. The van der Waals surface area contributed by atoms with E-state index in [0.717, 1.165) is 25.7 Å². The monoisotopic (exact) mass is 325 g/mol. The Balaban J connectivity index is 1.94. The highest BCUT2D eigenvalue weighted by atomic mass is 35.5. The lowest BCUT2D eigenvalue weighted by Gasteiger charge is -2.34. The second kappa shape index (κ2) is 5.29. The second-order valence-electron chi connectivity index (χ2n) is 6.22. The number of benzene rings is 1. The fourth-order valence-corrected chi connectivity index (χ4v) is 3.93. The molecule has 1 atom stereocenters. The molecule has 1 saturated heterocycles. The Morgan fingerprint density at radius 3 is 2.48 bits per heavy atom. The molecule has 1 spiro atoms. The first-order chi connectivity index (χ1) is 9.93. The highest BCUT2D eigenvalue weighted by Gasteiger charge is 2.53. The summed E-state index contributed by atoms with van der Waals surface area (Å²) in [6.07, 6.45) is 3.38. The van der Waals surface area contributed by atoms with Crippen molar-refractivity contribution in [2.24, 2.45) is 5.92 Å². The van der Waals surface area contributed by atoms with Crippen LogP contribution in [0.25, 0.3) is 0 Å². The number of ketones is 1. The molecule has 112 valence electrons. The van der Waals surface area contributed by atoms with Crippen LogP contribution in [0.1, 0.15) is 44.1 Å². The minimum atomic E-state index is -0.803. The fourth-order valence-electron chi connectivity index (χ4n) is 3.41. The molecule has 1 aliphatic heterocycles. The van der Waals surface area contributed by atoms with Gasteiger partial charge >= 0.3 is 0 Å². The highest BCUT2D eigenvalue weighted by molar-refractivity contribution is 6.36. The van der Waals surface area contributed by atoms with Gasteiger partial charge in [-0.05, 0) is 49.3 Å². The third kappa shape index (κ3) is 2.47. The molecule has 21 heavy (non-hydrogen) atoms. The van der Waals surface area contributed by atoms with Crippen LogP contribution in [0.5, 0.6) is 0 Å². The van der Waals surface area contributed by atoms with E-state index in [-0.39, 0.29) is 11.7 Å². The van der Waals surface area contributed by atoms with Crippen molar-refractivity contribution in [2.45, 2.75) is 44.1 Å².